The third-order valence-corrected chi connectivity index (χ3v) is 18.2. The number of guanidine groups is 2. The van der Waals surface area contributed by atoms with Crippen LogP contribution in [0.25, 0.3) is 0 Å². The van der Waals surface area contributed by atoms with E-state index in [4.69, 9.17) is 28.7 Å². The van der Waals surface area contributed by atoms with Gasteiger partial charge in [0.15, 0.2) is 11.9 Å². The van der Waals surface area contributed by atoms with Gasteiger partial charge in [0.1, 0.15) is 42.3 Å². The Bertz CT molecular complexity index is 3240. The molecule has 4 aliphatic rings. The molecule has 1 unspecified atom stereocenters. The number of carbonyl (C=O) groups is 13. The first-order chi connectivity index (χ1) is 46.7. The van der Waals surface area contributed by atoms with Crippen molar-refractivity contribution >= 4 is 101 Å². The monoisotopic (exact) mass is 1380 g/mol. The molecule has 18 N–H and O–H groups in total. The van der Waals surface area contributed by atoms with E-state index in [0.29, 0.717) is 49.7 Å². The van der Waals surface area contributed by atoms with Crippen molar-refractivity contribution in [2.45, 2.75) is 170 Å². The maximum Gasteiger partial charge on any atom is 0.326 e. The van der Waals surface area contributed by atoms with Gasteiger partial charge in [0, 0.05) is 82.9 Å². The fourth-order valence-corrected chi connectivity index (χ4v) is 13.0. The number of unbranched alkanes of at least 4 members (excludes halogenated alkanes) is 3. The van der Waals surface area contributed by atoms with Crippen molar-refractivity contribution in [1.29, 1.82) is 0 Å². The summed E-state index contributed by atoms with van der Waals surface area (Å²) in [6.07, 6.45) is 3.91. The topological polar surface area (TPSA) is 502 Å². The molecule has 534 valence electrons. The number of benzene rings is 2. The van der Waals surface area contributed by atoms with E-state index in [2.05, 4.69) is 41.9 Å². The Morgan fingerprint density at radius 3 is 1.73 bits per heavy atom. The van der Waals surface area contributed by atoms with Crippen LogP contribution in [0.15, 0.2) is 82.8 Å². The number of carboxylic acids is 1. The average Bonchev–Trinajstić information content (AvgIpc) is 1.72. The highest BCUT2D eigenvalue weighted by Gasteiger charge is 2.46. The zero-order valence-corrected chi connectivity index (χ0v) is 56.0. The Balaban J connectivity index is 1.17. The highest BCUT2D eigenvalue weighted by atomic mass is 32.2. The highest BCUT2D eigenvalue weighted by molar-refractivity contribution is 8.00. The predicted molar refractivity (Wildman–Crippen MR) is 361 cm³/mol. The maximum atomic E-state index is 14.8. The molecule has 98 heavy (non-hydrogen) atoms. The lowest BCUT2D eigenvalue weighted by molar-refractivity contribution is -0.148. The van der Waals surface area contributed by atoms with Crippen molar-refractivity contribution in [1.82, 2.24) is 51.5 Å². The number of imide groups is 2. The molecular weight excluding hydrogens is 1290 g/mol. The number of amides is 12. The minimum absolute atomic E-state index is 0.0510. The molecule has 2 aromatic carbocycles. The van der Waals surface area contributed by atoms with E-state index in [1.807, 2.05) is 0 Å². The van der Waals surface area contributed by atoms with Crippen LogP contribution in [0.3, 0.4) is 0 Å². The van der Waals surface area contributed by atoms with Crippen LogP contribution in [0, 0.1) is 5.92 Å². The van der Waals surface area contributed by atoms with Crippen molar-refractivity contribution < 1.29 is 72.5 Å². The summed E-state index contributed by atoms with van der Waals surface area (Å²) >= 11 is 0.897. The lowest BCUT2D eigenvalue weighted by Crippen LogP contribution is -2.59. The zero-order valence-electron chi connectivity index (χ0n) is 55.2. The van der Waals surface area contributed by atoms with Crippen molar-refractivity contribution in [2.75, 3.05) is 51.6 Å². The number of thioether (sulfide) groups is 1. The number of aliphatic hydroxyl groups is 1. The molecule has 3 fully saturated rings. The van der Waals surface area contributed by atoms with Gasteiger partial charge in [-0.15, -0.1) is 11.8 Å². The molecule has 0 spiro atoms. The number of carboxylic acid groups (broad SMARTS) is 1. The number of hydrogen-bond donors (Lipinski definition) is 13. The van der Waals surface area contributed by atoms with Crippen LogP contribution in [-0.4, -0.2) is 230 Å². The first-order valence-electron chi connectivity index (χ1n) is 32.9. The van der Waals surface area contributed by atoms with E-state index in [-0.39, 0.29) is 121 Å². The van der Waals surface area contributed by atoms with Crippen molar-refractivity contribution in [3.05, 3.63) is 83.9 Å². The minimum atomic E-state index is -1.60. The Morgan fingerprint density at radius 1 is 0.633 bits per heavy atom. The smallest absolute Gasteiger partial charge is 0.326 e. The fourth-order valence-electron chi connectivity index (χ4n) is 11.8. The number of aliphatic hydroxyl groups excluding tert-OH is 1. The maximum absolute atomic E-state index is 14.8. The normalized spacial score (nSPS) is 19.3. The number of likely N-dealkylation sites (tertiary alicyclic amines) is 3. The van der Waals surface area contributed by atoms with Crippen molar-refractivity contribution in [3.63, 3.8) is 0 Å². The minimum Gasteiger partial charge on any atom is -0.480 e. The van der Waals surface area contributed by atoms with E-state index in [1.165, 1.54) is 17.1 Å². The van der Waals surface area contributed by atoms with Crippen LogP contribution in [0.4, 0.5) is 0 Å². The molecular formula is C65H93N17O15S. The summed E-state index contributed by atoms with van der Waals surface area (Å²) in [5.41, 5.74) is 29.1. The van der Waals surface area contributed by atoms with Crippen LogP contribution in [0.2, 0.25) is 0 Å². The first-order valence-corrected chi connectivity index (χ1v) is 34.0. The standard InChI is InChI=1S/C65H93N17O15S/c1-38(2)30-46(63(96)97)77-57(90)45(32-40-18-9-6-10-19-40)76-58(91)47(37-98-50-34-54(87)81(62(50)95)28-12-4-3-11-27-80-52(85)23-24-53(80)86)78-56(89)44(31-39-16-7-5-8-17-39)74-51(84)35-73-59(92)49-33-41(83)36-82(49)61(94)48-22-15-29-79(48)60(93)43(21-14-26-72-65(69)70)75-55(88)42(66)20-13-25-71-64(67)68/h5-10,16-19,23-24,38,41-50,83H,3-4,11-15,20-22,25-37,66H2,1-2H3,(H,73,92)(H,74,84)(H,75,88)(H,76,91)(H,77,90)(H,78,89)(H,96,97)(H4,67,68,71)(H4,69,70,72)/t41-,42-,43+,44+,45-,46+,47+,48+,49+,50?/m1/s1. The molecule has 0 saturated carbocycles. The fraction of sp³-hybridized carbons (Fsp3) is 0.554. The van der Waals surface area contributed by atoms with Gasteiger partial charge in [0.25, 0.3) is 11.8 Å². The summed E-state index contributed by atoms with van der Waals surface area (Å²) in [6.45, 7) is 3.19. The summed E-state index contributed by atoms with van der Waals surface area (Å²) in [4.78, 5) is 190. The Labute approximate surface area is 572 Å². The Morgan fingerprint density at radius 2 is 1.16 bits per heavy atom. The molecule has 6 rings (SSSR count). The van der Waals surface area contributed by atoms with Gasteiger partial charge in [0.05, 0.1) is 23.9 Å². The number of nitrogens with one attached hydrogen (secondary N) is 6. The number of nitrogens with zero attached hydrogens (tertiary/aromatic N) is 6. The summed E-state index contributed by atoms with van der Waals surface area (Å²) in [7, 11) is 0. The van der Waals surface area contributed by atoms with Crippen molar-refractivity contribution in [2.24, 2.45) is 44.6 Å². The second kappa shape index (κ2) is 38.4. The first kappa shape index (κ1) is 77.5. The van der Waals surface area contributed by atoms with Gasteiger partial charge in [-0.25, -0.2) is 4.79 Å². The second-order valence-electron chi connectivity index (χ2n) is 25.0. The Kier molecular flexibility index (Phi) is 30.4. The van der Waals surface area contributed by atoms with Crippen LogP contribution in [-0.2, 0) is 75.2 Å². The molecule has 0 radical (unpaired) electrons. The molecule has 4 heterocycles. The summed E-state index contributed by atoms with van der Waals surface area (Å²) in [5, 5.41) is 35.8. The van der Waals surface area contributed by atoms with Gasteiger partial charge in [-0.1, -0.05) is 87.4 Å². The average molecular weight is 1380 g/mol. The van der Waals surface area contributed by atoms with Gasteiger partial charge in [-0.2, -0.15) is 0 Å². The van der Waals surface area contributed by atoms with Gasteiger partial charge in [-0.3, -0.25) is 77.3 Å². The van der Waals surface area contributed by atoms with Gasteiger partial charge >= 0.3 is 5.97 Å². The molecule has 3 saturated heterocycles. The van der Waals surface area contributed by atoms with Crippen LogP contribution >= 0.6 is 11.8 Å². The third kappa shape index (κ3) is 23.9. The van der Waals surface area contributed by atoms with Crippen molar-refractivity contribution in [3.8, 4) is 0 Å². The van der Waals surface area contributed by atoms with Crippen LogP contribution < -0.4 is 60.6 Å². The molecule has 0 aromatic heterocycles. The van der Waals surface area contributed by atoms with Gasteiger partial charge in [0.2, 0.25) is 59.1 Å². The van der Waals surface area contributed by atoms with Gasteiger partial charge in [-0.05, 0) is 74.8 Å². The molecule has 2 aromatic rings. The molecule has 0 bridgehead atoms. The SMILES string of the molecule is CC(C)C[C@H](NC(=O)[C@@H](Cc1ccccc1)NC(=O)[C@H](CSC1CC(=O)N(CCCCCCN2C(=O)C=CC2=O)C1=O)NC(=O)[C@H](Cc1ccccc1)NC(=O)CNC(=O)[C@@H]1C[C@@H](O)CN1C(=O)[C@@H]1CCCN1C(=O)[C@H](CCCN=C(N)N)NC(=O)[C@H](N)CCCN=C(N)N)C(=O)O. The largest absolute Gasteiger partial charge is 0.480 e. The Hall–Kier alpha value is -9.50. The molecule has 4 aliphatic heterocycles. The number of rotatable bonds is 39. The lowest BCUT2D eigenvalue weighted by atomic mass is 10.0. The van der Waals surface area contributed by atoms with Crippen LogP contribution in [0.1, 0.15) is 108 Å². The van der Waals surface area contributed by atoms with E-state index in [9.17, 15) is 72.5 Å². The second-order valence-corrected chi connectivity index (χ2v) is 26.2. The molecule has 10 atom stereocenters. The molecule has 12 amide bonds. The zero-order chi connectivity index (χ0) is 71.6. The number of β-amino-alcohol motifs (C(OH)–C–C–N with tert-alkyl or cyclic N) is 1. The number of nitrogens with two attached hydrogens (primary N) is 5. The van der Waals surface area contributed by atoms with E-state index in [1.54, 1.807) is 74.5 Å². The summed E-state index contributed by atoms with van der Waals surface area (Å²) < 4.78 is 0. The number of aliphatic carboxylic acids is 1. The van der Waals surface area contributed by atoms with E-state index >= 15 is 0 Å². The lowest BCUT2D eigenvalue weighted by Gasteiger charge is -2.33. The third-order valence-electron chi connectivity index (χ3n) is 16.9. The van der Waals surface area contributed by atoms with Gasteiger partial charge < -0.3 is 80.6 Å². The number of carbonyl (C=O) groups excluding carboxylic acids is 12. The predicted octanol–water partition coefficient (Wildman–Crippen LogP) is -3.12. The molecule has 0 aliphatic carbocycles. The quantitative estimate of drug-likeness (QED) is 0.0136. The highest BCUT2D eigenvalue weighted by Crippen LogP contribution is 2.29. The van der Waals surface area contributed by atoms with E-state index < -0.39 is 143 Å². The molecule has 33 heteroatoms. The van der Waals surface area contributed by atoms with Crippen LogP contribution in [0.5, 0.6) is 0 Å². The summed E-state index contributed by atoms with van der Waals surface area (Å²) in [6, 6.07) is 6.44. The molecule has 32 nitrogen and oxygen atoms in total. The number of hydrogen-bond acceptors (Lipinski definition) is 18. The summed E-state index contributed by atoms with van der Waals surface area (Å²) in [5.74, 6) is -10.4. The van der Waals surface area contributed by atoms with E-state index in [0.717, 1.165) is 26.5 Å². The number of aliphatic imine (C=N–C) groups is 2.